The van der Waals surface area contributed by atoms with Gasteiger partial charge in [-0.2, -0.15) is 11.8 Å². The largest absolute Gasteiger partial charge is 0.370 e. The first-order chi connectivity index (χ1) is 9.02. The predicted octanol–water partition coefficient (Wildman–Crippen LogP) is 3.67. The number of halogens is 1. The second kappa shape index (κ2) is 6.51. The summed E-state index contributed by atoms with van der Waals surface area (Å²) in [6.45, 7) is 7.67. The number of rotatable bonds is 3. The van der Waals surface area contributed by atoms with Gasteiger partial charge in [0.1, 0.15) is 0 Å². The molecule has 1 saturated heterocycles. The zero-order chi connectivity index (χ0) is 13.9. The van der Waals surface area contributed by atoms with Gasteiger partial charge >= 0.3 is 0 Å². The van der Waals surface area contributed by atoms with Gasteiger partial charge in [0.25, 0.3) is 0 Å². The molecule has 106 valence electrons. The molecular weight excluding hydrogens is 320 g/mol. The van der Waals surface area contributed by atoms with E-state index in [0.717, 1.165) is 19.5 Å². The van der Waals surface area contributed by atoms with Gasteiger partial charge in [-0.25, -0.2) is 0 Å². The monoisotopic (exact) mass is 342 g/mol. The van der Waals surface area contributed by atoms with E-state index in [2.05, 4.69) is 64.6 Å². The van der Waals surface area contributed by atoms with E-state index in [9.17, 15) is 0 Å². The number of benzene rings is 1. The third-order valence-corrected chi connectivity index (χ3v) is 5.63. The van der Waals surface area contributed by atoms with Crippen LogP contribution in [0.15, 0.2) is 22.7 Å². The van der Waals surface area contributed by atoms with E-state index < -0.39 is 0 Å². The van der Waals surface area contributed by atoms with E-state index >= 15 is 0 Å². The van der Waals surface area contributed by atoms with Gasteiger partial charge in [-0.3, -0.25) is 0 Å². The maximum Gasteiger partial charge on any atom is 0.0511 e. The molecule has 1 fully saturated rings. The van der Waals surface area contributed by atoms with Crippen molar-refractivity contribution >= 4 is 33.4 Å². The van der Waals surface area contributed by atoms with Gasteiger partial charge in [0, 0.05) is 28.1 Å². The zero-order valence-electron chi connectivity index (χ0n) is 11.8. The highest BCUT2D eigenvalue weighted by atomic mass is 79.9. The fourth-order valence-electron chi connectivity index (χ4n) is 2.39. The van der Waals surface area contributed by atoms with Gasteiger partial charge in [0.2, 0.25) is 0 Å². The Morgan fingerprint density at radius 3 is 2.84 bits per heavy atom. The standard InChI is InChI=1S/C15H23BrN2S/c1-15(2)6-8-18(9-10-19-15)14-4-3-12(5-7-17)11-13(14)16/h3-4,11H,5-10,17H2,1-2H3. The second-order valence-electron chi connectivity index (χ2n) is 5.67. The summed E-state index contributed by atoms with van der Waals surface area (Å²) in [6.07, 6.45) is 2.18. The highest BCUT2D eigenvalue weighted by Gasteiger charge is 2.24. The normalized spacial score (nSPS) is 19.3. The van der Waals surface area contributed by atoms with Gasteiger partial charge in [-0.1, -0.05) is 19.9 Å². The van der Waals surface area contributed by atoms with Crippen LogP contribution in [0.1, 0.15) is 25.8 Å². The lowest BCUT2D eigenvalue weighted by molar-refractivity contribution is 0.637. The first-order valence-corrected chi connectivity index (χ1v) is 8.67. The average Bonchev–Trinajstić information content (AvgIpc) is 2.51. The molecule has 4 heteroatoms. The SMILES string of the molecule is CC1(C)CCN(c2ccc(CCN)cc2Br)CCS1. The molecule has 19 heavy (non-hydrogen) atoms. The van der Waals surface area contributed by atoms with E-state index in [4.69, 9.17) is 5.73 Å². The first kappa shape index (κ1) is 15.2. The molecule has 1 aliphatic rings. The van der Waals surface area contributed by atoms with Gasteiger partial charge in [-0.15, -0.1) is 0 Å². The van der Waals surface area contributed by atoms with Crippen molar-refractivity contribution in [3.63, 3.8) is 0 Å². The van der Waals surface area contributed by atoms with E-state index in [1.54, 1.807) is 0 Å². The highest BCUT2D eigenvalue weighted by Crippen LogP contribution is 2.34. The predicted molar refractivity (Wildman–Crippen MR) is 90.3 cm³/mol. The molecule has 1 aromatic carbocycles. The minimum Gasteiger partial charge on any atom is -0.370 e. The van der Waals surface area contributed by atoms with Crippen molar-refractivity contribution < 1.29 is 0 Å². The quantitative estimate of drug-likeness (QED) is 0.908. The van der Waals surface area contributed by atoms with Crippen molar-refractivity contribution in [2.75, 3.05) is 30.3 Å². The summed E-state index contributed by atoms with van der Waals surface area (Å²) < 4.78 is 1.60. The lowest BCUT2D eigenvalue weighted by Crippen LogP contribution is -2.27. The molecule has 1 heterocycles. The second-order valence-corrected chi connectivity index (χ2v) is 8.33. The Bertz CT molecular complexity index is 434. The smallest absolute Gasteiger partial charge is 0.0511 e. The maximum absolute atomic E-state index is 5.61. The van der Waals surface area contributed by atoms with Crippen molar-refractivity contribution in [3.05, 3.63) is 28.2 Å². The molecule has 2 rings (SSSR count). The van der Waals surface area contributed by atoms with Gasteiger partial charge in [-0.05, 0) is 53.0 Å². The number of nitrogens with two attached hydrogens (primary N) is 1. The van der Waals surface area contributed by atoms with Crippen molar-refractivity contribution in [3.8, 4) is 0 Å². The summed E-state index contributed by atoms with van der Waals surface area (Å²) in [5, 5.41) is 0. The van der Waals surface area contributed by atoms with Gasteiger partial charge in [0.15, 0.2) is 0 Å². The van der Waals surface area contributed by atoms with Crippen LogP contribution < -0.4 is 10.6 Å². The summed E-state index contributed by atoms with van der Waals surface area (Å²) in [6, 6.07) is 6.65. The molecule has 0 radical (unpaired) electrons. The fourth-order valence-corrected chi connectivity index (χ4v) is 4.17. The van der Waals surface area contributed by atoms with Crippen LogP contribution in [-0.4, -0.2) is 30.1 Å². The van der Waals surface area contributed by atoms with Crippen molar-refractivity contribution in [2.45, 2.75) is 31.4 Å². The van der Waals surface area contributed by atoms with Crippen LogP contribution in [0, 0.1) is 0 Å². The van der Waals surface area contributed by atoms with Crippen molar-refractivity contribution in [2.24, 2.45) is 5.73 Å². The van der Waals surface area contributed by atoms with Crippen LogP contribution in [0.3, 0.4) is 0 Å². The maximum atomic E-state index is 5.61. The summed E-state index contributed by atoms with van der Waals surface area (Å²) in [5.41, 5.74) is 8.24. The molecule has 1 aromatic rings. The van der Waals surface area contributed by atoms with Crippen LogP contribution in [-0.2, 0) is 6.42 Å². The molecule has 0 amide bonds. The minimum absolute atomic E-state index is 0.403. The Morgan fingerprint density at radius 1 is 1.37 bits per heavy atom. The molecule has 0 saturated carbocycles. The topological polar surface area (TPSA) is 29.3 Å². The number of anilines is 1. The van der Waals surface area contributed by atoms with Crippen molar-refractivity contribution in [1.82, 2.24) is 0 Å². The lowest BCUT2D eigenvalue weighted by Gasteiger charge is -2.25. The summed E-state index contributed by atoms with van der Waals surface area (Å²) in [7, 11) is 0. The van der Waals surface area contributed by atoms with Crippen LogP contribution in [0.25, 0.3) is 0 Å². The minimum atomic E-state index is 0.403. The zero-order valence-corrected chi connectivity index (χ0v) is 14.2. The average molecular weight is 343 g/mol. The number of hydrogen-bond acceptors (Lipinski definition) is 3. The van der Waals surface area contributed by atoms with E-state index in [-0.39, 0.29) is 0 Å². The summed E-state index contributed by atoms with van der Waals surface area (Å²) >= 11 is 5.80. The van der Waals surface area contributed by atoms with Gasteiger partial charge in [0.05, 0.1) is 5.69 Å². The highest BCUT2D eigenvalue weighted by molar-refractivity contribution is 9.10. The molecule has 1 aliphatic heterocycles. The third kappa shape index (κ3) is 4.14. The molecule has 2 nitrogen and oxygen atoms in total. The molecule has 0 bridgehead atoms. The Labute approximate surface area is 129 Å². The molecule has 0 unspecified atom stereocenters. The first-order valence-electron chi connectivity index (χ1n) is 6.89. The van der Waals surface area contributed by atoms with Crippen LogP contribution in [0.2, 0.25) is 0 Å². The lowest BCUT2D eigenvalue weighted by atomic mass is 10.1. The van der Waals surface area contributed by atoms with Crippen molar-refractivity contribution in [1.29, 1.82) is 0 Å². The van der Waals surface area contributed by atoms with Crippen LogP contribution in [0.4, 0.5) is 5.69 Å². The molecule has 0 atom stereocenters. The number of thioether (sulfide) groups is 1. The van der Waals surface area contributed by atoms with E-state index in [0.29, 0.717) is 11.3 Å². The fraction of sp³-hybridized carbons (Fsp3) is 0.600. The third-order valence-electron chi connectivity index (χ3n) is 3.62. The Kier molecular flexibility index (Phi) is 5.21. The summed E-state index contributed by atoms with van der Waals surface area (Å²) in [4.78, 5) is 2.50. The molecule has 0 aromatic heterocycles. The molecule has 0 spiro atoms. The van der Waals surface area contributed by atoms with E-state index in [1.807, 2.05) is 0 Å². The molecular formula is C15H23BrN2S. The number of nitrogens with zero attached hydrogens (tertiary/aromatic N) is 1. The van der Waals surface area contributed by atoms with Crippen LogP contribution in [0.5, 0.6) is 0 Å². The Balaban J connectivity index is 2.13. The molecule has 0 aliphatic carbocycles. The summed E-state index contributed by atoms with van der Waals surface area (Å²) in [5.74, 6) is 1.20. The van der Waals surface area contributed by atoms with Gasteiger partial charge < -0.3 is 10.6 Å². The van der Waals surface area contributed by atoms with Crippen LogP contribution >= 0.6 is 27.7 Å². The number of hydrogen-bond donors (Lipinski definition) is 1. The van der Waals surface area contributed by atoms with E-state index in [1.165, 1.54) is 27.9 Å². The Hall–Kier alpha value is -0.190. The Morgan fingerprint density at radius 2 is 2.16 bits per heavy atom. The molecule has 2 N–H and O–H groups in total.